The summed E-state index contributed by atoms with van der Waals surface area (Å²) in [5.41, 5.74) is 3.57. The van der Waals surface area contributed by atoms with Crippen molar-refractivity contribution in [2.24, 2.45) is 0 Å². The number of aromatic nitrogens is 2. The lowest BCUT2D eigenvalue weighted by atomic mass is 10.3. The Morgan fingerprint density at radius 1 is 1.32 bits per heavy atom. The molecule has 0 aliphatic carbocycles. The Bertz CT molecular complexity index is 662. The summed E-state index contributed by atoms with van der Waals surface area (Å²) < 4.78 is 1.86. The number of amides is 1. The van der Waals surface area contributed by atoms with E-state index in [1.165, 1.54) is 0 Å². The summed E-state index contributed by atoms with van der Waals surface area (Å²) in [7, 11) is 0. The first-order valence-electron chi connectivity index (χ1n) is 7.24. The molecule has 1 aromatic heterocycles. The van der Waals surface area contributed by atoms with Gasteiger partial charge in [-0.15, -0.1) is 11.8 Å². The van der Waals surface area contributed by atoms with Gasteiger partial charge in [-0.05, 0) is 32.9 Å². The van der Waals surface area contributed by atoms with Crippen molar-refractivity contribution >= 4 is 23.4 Å². The summed E-state index contributed by atoms with van der Waals surface area (Å²) in [5.74, 6) is 1.30. The van der Waals surface area contributed by atoms with Gasteiger partial charge >= 0.3 is 0 Å². The molecule has 1 amide bonds. The zero-order chi connectivity index (χ0) is 15.9. The Hall–Kier alpha value is -2.01. The maximum Gasteiger partial charge on any atom is 0.234 e. The van der Waals surface area contributed by atoms with Crippen LogP contribution in [-0.4, -0.2) is 27.2 Å². The normalized spacial score (nSPS) is 11.0. The average molecular weight is 315 g/mol. The number of carbonyl (C=O) groups excluding carboxylic acids is 1. The van der Waals surface area contributed by atoms with Crippen LogP contribution in [0.15, 0.2) is 42.5 Å². The first-order chi connectivity index (χ1) is 10.6. The molecule has 1 N–H and O–H groups in total. The molecule has 0 aliphatic rings. The van der Waals surface area contributed by atoms with E-state index in [4.69, 9.17) is 0 Å². The fraction of sp³-hybridized carbons (Fsp3) is 0.294. The van der Waals surface area contributed by atoms with Gasteiger partial charge in [-0.3, -0.25) is 4.79 Å². The van der Waals surface area contributed by atoms with Gasteiger partial charge in [-0.2, -0.15) is 5.10 Å². The van der Waals surface area contributed by atoms with Crippen molar-refractivity contribution in [3.63, 3.8) is 0 Å². The minimum absolute atomic E-state index is 0.00770. The summed E-state index contributed by atoms with van der Waals surface area (Å²) >= 11 is 1.59. The highest BCUT2D eigenvalue weighted by molar-refractivity contribution is 8.00. The fourth-order valence-electron chi connectivity index (χ4n) is 2.14. The lowest BCUT2D eigenvalue weighted by Gasteiger charge is -2.06. The molecular formula is C17H21N3OS. The first kappa shape index (κ1) is 16.4. The third kappa shape index (κ3) is 4.01. The highest BCUT2D eigenvalue weighted by Crippen LogP contribution is 2.22. The average Bonchev–Trinajstić information content (AvgIpc) is 2.80. The summed E-state index contributed by atoms with van der Waals surface area (Å²) in [5, 5.41) is 7.51. The van der Waals surface area contributed by atoms with Gasteiger partial charge in [-0.25, -0.2) is 4.68 Å². The maximum absolute atomic E-state index is 12.0. The van der Waals surface area contributed by atoms with Gasteiger partial charge < -0.3 is 5.32 Å². The number of aryl methyl sites for hydroxylation is 1. The van der Waals surface area contributed by atoms with E-state index < -0.39 is 0 Å². The minimum Gasteiger partial charge on any atom is -0.322 e. The minimum atomic E-state index is 0.00770. The standard InChI is InChI=1S/C17H21N3OS/c1-4-5-11-22-12-16(21)18-17-13(2)19-20(14(17)3)15-9-7-6-8-10-15/h4-10H,11-12H2,1-3H3,(H,18,21)/b5-4+. The molecule has 1 aromatic carbocycles. The van der Waals surface area contributed by atoms with Crippen LogP contribution in [0.3, 0.4) is 0 Å². The Morgan fingerprint density at radius 2 is 2.05 bits per heavy atom. The highest BCUT2D eigenvalue weighted by Gasteiger charge is 2.14. The molecule has 2 rings (SSSR count). The number of para-hydroxylation sites is 1. The number of benzene rings is 1. The van der Waals surface area contributed by atoms with Crippen molar-refractivity contribution in [2.45, 2.75) is 20.8 Å². The largest absolute Gasteiger partial charge is 0.322 e. The molecule has 2 aromatic rings. The molecule has 116 valence electrons. The molecule has 22 heavy (non-hydrogen) atoms. The van der Waals surface area contributed by atoms with Gasteiger partial charge in [0, 0.05) is 5.75 Å². The molecule has 4 nitrogen and oxygen atoms in total. The van der Waals surface area contributed by atoms with E-state index in [1.807, 2.05) is 67.9 Å². The predicted octanol–water partition coefficient (Wildman–Crippen LogP) is 3.74. The molecule has 0 saturated carbocycles. The van der Waals surface area contributed by atoms with Crippen LogP contribution in [0.4, 0.5) is 5.69 Å². The zero-order valence-electron chi connectivity index (χ0n) is 13.2. The van der Waals surface area contributed by atoms with Crippen LogP contribution in [0.25, 0.3) is 5.69 Å². The van der Waals surface area contributed by atoms with E-state index >= 15 is 0 Å². The van der Waals surface area contributed by atoms with Gasteiger partial charge in [0.05, 0.1) is 28.5 Å². The van der Waals surface area contributed by atoms with E-state index in [1.54, 1.807) is 11.8 Å². The third-order valence-electron chi connectivity index (χ3n) is 3.24. The zero-order valence-corrected chi connectivity index (χ0v) is 14.0. The van der Waals surface area contributed by atoms with Crippen LogP contribution in [0.1, 0.15) is 18.3 Å². The molecule has 0 aliphatic heterocycles. The molecular weight excluding hydrogens is 294 g/mol. The Balaban J connectivity index is 2.09. The topological polar surface area (TPSA) is 46.9 Å². The van der Waals surface area contributed by atoms with Crippen LogP contribution in [0.5, 0.6) is 0 Å². The summed E-state index contributed by atoms with van der Waals surface area (Å²) in [6.45, 7) is 5.86. The number of hydrogen-bond donors (Lipinski definition) is 1. The van der Waals surface area contributed by atoms with Crippen molar-refractivity contribution in [2.75, 3.05) is 16.8 Å². The van der Waals surface area contributed by atoms with E-state index in [0.717, 1.165) is 28.5 Å². The van der Waals surface area contributed by atoms with Crippen molar-refractivity contribution in [1.29, 1.82) is 0 Å². The number of nitrogens with one attached hydrogen (secondary N) is 1. The molecule has 5 heteroatoms. The second-order valence-corrected chi connectivity index (χ2v) is 5.96. The number of rotatable bonds is 6. The van der Waals surface area contributed by atoms with Crippen molar-refractivity contribution in [3.05, 3.63) is 53.9 Å². The van der Waals surface area contributed by atoms with Gasteiger partial charge in [-0.1, -0.05) is 30.4 Å². The molecule has 0 fully saturated rings. The molecule has 0 unspecified atom stereocenters. The predicted molar refractivity (Wildman–Crippen MR) is 93.8 cm³/mol. The number of thioether (sulfide) groups is 1. The summed E-state index contributed by atoms with van der Waals surface area (Å²) in [6.07, 6.45) is 4.03. The lowest BCUT2D eigenvalue weighted by molar-refractivity contribution is -0.113. The molecule has 0 atom stereocenters. The molecule has 1 heterocycles. The Labute approximate surface area is 135 Å². The quantitative estimate of drug-likeness (QED) is 0.652. The molecule has 0 saturated heterocycles. The van der Waals surface area contributed by atoms with Crippen LogP contribution < -0.4 is 5.32 Å². The number of nitrogens with zero attached hydrogens (tertiary/aromatic N) is 2. The van der Waals surface area contributed by atoms with Crippen LogP contribution >= 0.6 is 11.8 Å². The monoisotopic (exact) mass is 315 g/mol. The van der Waals surface area contributed by atoms with E-state index in [2.05, 4.69) is 10.4 Å². The first-order valence-corrected chi connectivity index (χ1v) is 8.39. The third-order valence-corrected chi connectivity index (χ3v) is 4.13. The maximum atomic E-state index is 12.0. The second-order valence-electron chi connectivity index (χ2n) is 4.93. The summed E-state index contributed by atoms with van der Waals surface area (Å²) in [6, 6.07) is 9.92. The van der Waals surface area contributed by atoms with Crippen LogP contribution in [0, 0.1) is 13.8 Å². The highest BCUT2D eigenvalue weighted by atomic mass is 32.2. The van der Waals surface area contributed by atoms with Crippen molar-refractivity contribution < 1.29 is 4.79 Å². The second kappa shape index (κ2) is 7.84. The number of allylic oxidation sites excluding steroid dienone is 1. The molecule has 0 radical (unpaired) electrons. The number of anilines is 1. The van der Waals surface area contributed by atoms with Gasteiger partial charge in [0.1, 0.15) is 0 Å². The van der Waals surface area contributed by atoms with E-state index in [-0.39, 0.29) is 5.91 Å². The van der Waals surface area contributed by atoms with Gasteiger partial charge in [0.2, 0.25) is 5.91 Å². The SMILES string of the molecule is C/C=C/CSCC(=O)Nc1c(C)nn(-c2ccccc2)c1C. The van der Waals surface area contributed by atoms with Crippen molar-refractivity contribution in [1.82, 2.24) is 9.78 Å². The smallest absolute Gasteiger partial charge is 0.234 e. The van der Waals surface area contributed by atoms with E-state index in [0.29, 0.717) is 5.75 Å². The Morgan fingerprint density at radius 3 is 2.73 bits per heavy atom. The fourth-order valence-corrected chi connectivity index (χ4v) is 2.84. The number of hydrogen-bond acceptors (Lipinski definition) is 3. The molecule has 0 bridgehead atoms. The molecule has 0 spiro atoms. The Kier molecular flexibility index (Phi) is 5.83. The lowest BCUT2D eigenvalue weighted by Crippen LogP contribution is -2.15. The van der Waals surface area contributed by atoms with Gasteiger partial charge in [0.15, 0.2) is 0 Å². The van der Waals surface area contributed by atoms with Gasteiger partial charge in [0.25, 0.3) is 0 Å². The summed E-state index contributed by atoms with van der Waals surface area (Å²) in [4.78, 5) is 12.0. The number of carbonyl (C=O) groups is 1. The van der Waals surface area contributed by atoms with Crippen LogP contribution in [-0.2, 0) is 4.79 Å². The van der Waals surface area contributed by atoms with Crippen LogP contribution in [0.2, 0.25) is 0 Å². The van der Waals surface area contributed by atoms with E-state index in [9.17, 15) is 4.79 Å². The van der Waals surface area contributed by atoms with Crippen molar-refractivity contribution in [3.8, 4) is 5.69 Å².